The number of anilines is 3. The van der Waals surface area contributed by atoms with E-state index in [0.717, 1.165) is 43.2 Å². The number of pyridine rings is 1. The Morgan fingerprint density at radius 1 is 0.962 bits per heavy atom. The summed E-state index contributed by atoms with van der Waals surface area (Å²) in [5, 5.41) is 5.96. The minimum atomic E-state index is -0.106. The topological polar surface area (TPSA) is 77.6 Å². The molecule has 26 heavy (non-hydrogen) atoms. The first-order valence-corrected chi connectivity index (χ1v) is 8.59. The molecule has 1 saturated heterocycles. The smallest absolute Gasteiger partial charge is 0.255 e. The van der Waals surface area contributed by atoms with Crippen LogP contribution in [0, 0.1) is 0 Å². The first-order chi connectivity index (χ1) is 12.5. The van der Waals surface area contributed by atoms with E-state index in [1.165, 1.54) is 6.92 Å². The Balaban J connectivity index is 1.67. The highest BCUT2D eigenvalue weighted by molar-refractivity contribution is 5.95. The first-order valence-electron chi connectivity index (χ1n) is 8.59. The lowest BCUT2D eigenvalue weighted by Gasteiger charge is -2.32. The van der Waals surface area contributed by atoms with E-state index >= 15 is 0 Å². The fraction of sp³-hybridized carbons (Fsp3) is 0.316. The molecule has 0 saturated carbocycles. The highest BCUT2D eigenvalue weighted by Crippen LogP contribution is 2.20. The number of rotatable bonds is 4. The van der Waals surface area contributed by atoms with Crippen LogP contribution in [0.3, 0.4) is 0 Å². The maximum absolute atomic E-state index is 12.7. The van der Waals surface area contributed by atoms with Crippen molar-refractivity contribution in [2.24, 2.45) is 0 Å². The van der Waals surface area contributed by atoms with Crippen molar-refractivity contribution in [2.45, 2.75) is 6.92 Å². The molecule has 1 aromatic carbocycles. The second kappa shape index (κ2) is 7.97. The van der Waals surface area contributed by atoms with Crippen LogP contribution in [-0.4, -0.2) is 59.8 Å². The SMILES string of the molecule is CC(=O)Nc1ccc(Nc2cncc(C(=O)N3CCN(C)CC3)c2)cc1. The molecule has 0 bridgehead atoms. The van der Waals surface area contributed by atoms with Gasteiger partial charge in [-0.05, 0) is 37.4 Å². The summed E-state index contributed by atoms with van der Waals surface area (Å²) in [6, 6.07) is 9.17. The highest BCUT2D eigenvalue weighted by atomic mass is 16.2. The van der Waals surface area contributed by atoms with Crippen molar-refractivity contribution in [1.29, 1.82) is 0 Å². The van der Waals surface area contributed by atoms with Crippen molar-refractivity contribution >= 4 is 28.9 Å². The molecular formula is C19H23N5O2. The van der Waals surface area contributed by atoms with Crippen molar-refractivity contribution in [2.75, 3.05) is 43.9 Å². The van der Waals surface area contributed by atoms with Crippen LogP contribution in [0.1, 0.15) is 17.3 Å². The number of carbonyl (C=O) groups excluding carboxylic acids is 2. The molecule has 0 atom stereocenters. The zero-order valence-corrected chi connectivity index (χ0v) is 15.0. The summed E-state index contributed by atoms with van der Waals surface area (Å²) in [4.78, 5) is 32.0. The molecule has 2 aromatic rings. The van der Waals surface area contributed by atoms with Gasteiger partial charge < -0.3 is 20.4 Å². The lowest BCUT2D eigenvalue weighted by atomic mass is 10.2. The number of hydrogen-bond donors (Lipinski definition) is 2. The standard InChI is InChI=1S/C19H23N5O2/c1-14(25)21-16-3-5-17(6-4-16)22-18-11-15(12-20-13-18)19(26)24-9-7-23(2)8-10-24/h3-6,11-13,22H,7-10H2,1-2H3,(H,21,25). The fourth-order valence-corrected chi connectivity index (χ4v) is 2.82. The maximum Gasteiger partial charge on any atom is 0.255 e. The second-order valence-electron chi connectivity index (χ2n) is 6.44. The molecule has 0 spiro atoms. The van der Waals surface area contributed by atoms with Crippen LogP contribution in [0.5, 0.6) is 0 Å². The van der Waals surface area contributed by atoms with Crippen LogP contribution in [0.4, 0.5) is 17.1 Å². The van der Waals surface area contributed by atoms with Crippen molar-refractivity contribution < 1.29 is 9.59 Å². The van der Waals surface area contributed by atoms with Gasteiger partial charge >= 0.3 is 0 Å². The molecule has 2 N–H and O–H groups in total. The van der Waals surface area contributed by atoms with Crippen LogP contribution in [-0.2, 0) is 4.79 Å². The van der Waals surface area contributed by atoms with Gasteiger partial charge in [0.05, 0.1) is 17.4 Å². The number of nitrogens with zero attached hydrogens (tertiary/aromatic N) is 3. The average Bonchev–Trinajstić information content (AvgIpc) is 2.63. The van der Waals surface area contributed by atoms with Gasteiger partial charge in [-0.3, -0.25) is 14.6 Å². The molecule has 3 rings (SSSR count). The van der Waals surface area contributed by atoms with E-state index in [-0.39, 0.29) is 11.8 Å². The molecule has 0 aliphatic carbocycles. The number of piperazine rings is 1. The monoisotopic (exact) mass is 353 g/mol. The average molecular weight is 353 g/mol. The van der Waals surface area contributed by atoms with E-state index in [1.54, 1.807) is 12.4 Å². The summed E-state index contributed by atoms with van der Waals surface area (Å²) in [6.45, 7) is 4.71. The van der Waals surface area contributed by atoms with Gasteiger partial charge in [0, 0.05) is 50.7 Å². The van der Waals surface area contributed by atoms with Crippen molar-refractivity contribution in [3.05, 3.63) is 48.3 Å². The van der Waals surface area contributed by atoms with Crippen molar-refractivity contribution in [3.63, 3.8) is 0 Å². The zero-order valence-electron chi connectivity index (χ0n) is 15.0. The van der Waals surface area contributed by atoms with Gasteiger partial charge in [0.1, 0.15) is 0 Å². The van der Waals surface area contributed by atoms with Gasteiger partial charge in [-0.25, -0.2) is 0 Å². The molecule has 1 aliphatic rings. The van der Waals surface area contributed by atoms with Gasteiger partial charge in [0.25, 0.3) is 5.91 Å². The van der Waals surface area contributed by atoms with Gasteiger partial charge in [-0.15, -0.1) is 0 Å². The van der Waals surface area contributed by atoms with Gasteiger partial charge in [-0.1, -0.05) is 0 Å². The molecule has 2 amide bonds. The number of benzene rings is 1. The number of aromatic nitrogens is 1. The van der Waals surface area contributed by atoms with Crippen LogP contribution < -0.4 is 10.6 Å². The van der Waals surface area contributed by atoms with Crippen LogP contribution in [0.15, 0.2) is 42.7 Å². The molecular weight excluding hydrogens is 330 g/mol. The summed E-state index contributed by atoms with van der Waals surface area (Å²) >= 11 is 0. The third-order valence-electron chi connectivity index (χ3n) is 4.27. The summed E-state index contributed by atoms with van der Waals surface area (Å²) in [5.74, 6) is -0.0970. The Kier molecular flexibility index (Phi) is 5.48. The highest BCUT2D eigenvalue weighted by Gasteiger charge is 2.20. The van der Waals surface area contributed by atoms with Gasteiger partial charge in [0.2, 0.25) is 5.91 Å². The number of amides is 2. The summed E-state index contributed by atoms with van der Waals surface area (Å²) in [7, 11) is 2.06. The van der Waals surface area contributed by atoms with E-state index in [9.17, 15) is 9.59 Å². The first kappa shape index (κ1) is 17.9. The molecule has 136 valence electrons. The predicted molar refractivity (Wildman–Crippen MR) is 102 cm³/mol. The van der Waals surface area contributed by atoms with E-state index in [4.69, 9.17) is 0 Å². The predicted octanol–water partition coefficient (Wildman–Crippen LogP) is 2.17. The molecule has 1 fully saturated rings. The Morgan fingerprint density at radius 2 is 1.62 bits per heavy atom. The number of hydrogen-bond acceptors (Lipinski definition) is 5. The Hall–Kier alpha value is -2.93. The minimum Gasteiger partial charge on any atom is -0.354 e. The number of carbonyl (C=O) groups is 2. The maximum atomic E-state index is 12.7. The van der Waals surface area contributed by atoms with Crippen molar-refractivity contribution in [3.8, 4) is 0 Å². The largest absolute Gasteiger partial charge is 0.354 e. The fourth-order valence-electron chi connectivity index (χ4n) is 2.82. The third kappa shape index (κ3) is 4.58. The molecule has 7 heteroatoms. The minimum absolute atomic E-state index is 0.00950. The normalized spacial score (nSPS) is 14.8. The number of likely N-dealkylation sites (N-methyl/N-ethyl adjacent to an activating group) is 1. The van der Waals surface area contributed by atoms with E-state index < -0.39 is 0 Å². The quantitative estimate of drug-likeness (QED) is 0.881. The molecule has 1 aromatic heterocycles. The molecule has 7 nitrogen and oxygen atoms in total. The zero-order chi connectivity index (χ0) is 18.5. The van der Waals surface area contributed by atoms with E-state index in [0.29, 0.717) is 5.56 Å². The van der Waals surface area contributed by atoms with Crippen molar-refractivity contribution in [1.82, 2.24) is 14.8 Å². The Bertz CT molecular complexity index is 783. The Labute approximate surface area is 153 Å². The summed E-state index contributed by atoms with van der Waals surface area (Å²) in [5.41, 5.74) is 2.91. The van der Waals surface area contributed by atoms with Crippen LogP contribution in [0.2, 0.25) is 0 Å². The van der Waals surface area contributed by atoms with E-state index in [1.807, 2.05) is 35.2 Å². The summed E-state index contributed by atoms with van der Waals surface area (Å²) in [6.07, 6.45) is 3.29. The summed E-state index contributed by atoms with van der Waals surface area (Å²) < 4.78 is 0. The van der Waals surface area contributed by atoms with E-state index in [2.05, 4.69) is 27.6 Å². The van der Waals surface area contributed by atoms with Gasteiger partial charge in [-0.2, -0.15) is 0 Å². The lowest BCUT2D eigenvalue weighted by molar-refractivity contribution is -0.114. The Morgan fingerprint density at radius 3 is 2.27 bits per heavy atom. The molecule has 1 aliphatic heterocycles. The number of nitrogens with one attached hydrogen (secondary N) is 2. The molecule has 0 unspecified atom stereocenters. The molecule has 0 radical (unpaired) electrons. The third-order valence-corrected chi connectivity index (χ3v) is 4.27. The van der Waals surface area contributed by atoms with Crippen LogP contribution >= 0.6 is 0 Å². The second-order valence-corrected chi connectivity index (χ2v) is 6.44. The molecule has 2 heterocycles. The van der Waals surface area contributed by atoms with Crippen LogP contribution in [0.25, 0.3) is 0 Å². The van der Waals surface area contributed by atoms with Gasteiger partial charge in [0.15, 0.2) is 0 Å². The lowest BCUT2D eigenvalue weighted by Crippen LogP contribution is -2.47.